The third-order valence-electron chi connectivity index (χ3n) is 5.84. The number of rotatable bonds is 6. The molecule has 30 heavy (non-hydrogen) atoms. The van der Waals surface area contributed by atoms with Gasteiger partial charge in [-0.15, -0.1) is 0 Å². The van der Waals surface area contributed by atoms with Gasteiger partial charge < -0.3 is 19.9 Å². The fourth-order valence-corrected chi connectivity index (χ4v) is 4.01. The van der Waals surface area contributed by atoms with Gasteiger partial charge in [0.05, 0.1) is 31.0 Å². The van der Waals surface area contributed by atoms with E-state index in [4.69, 9.17) is 9.47 Å². The lowest BCUT2D eigenvalue weighted by molar-refractivity contribution is 0.0234. The number of aliphatic imine (C=N–C) groups is 2. The molecular formula is C22H33FN4O3. The summed E-state index contributed by atoms with van der Waals surface area (Å²) in [6.45, 7) is 8.05. The molecule has 1 aliphatic carbocycles. The summed E-state index contributed by atoms with van der Waals surface area (Å²) in [5.41, 5.74) is 2.75. The summed E-state index contributed by atoms with van der Waals surface area (Å²) in [6, 6.07) is -0.508. The highest BCUT2D eigenvalue weighted by Crippen LogP contribution is 2.40. The number of pyridine rings is 1. The van der Waals surface area contributed by atoms with Crippen LogP contribution in [0.25, 0.3) is 0 Å². The van der Waals surface area contributed by atoms with Gasteiger partial charge >= 0.3 is 0 Å². The van der Waals surface area contributed by atoms with Crippen molar-refractivity contribution in [3.63, 3.8) is 0 Å². The summed E-state index contributed by atoms with van der Waals surface area (Å²) in [4.78, 5) is 12.9. The Morgan fingerprint density at radius 3 is 2.67 bits per heavy atom. The lowest BCUT2D eigenvalue weighted by atomic mass is 9.82. The van der Waals surface area contributed by atoms with Crippen molar-refractivity contribution in [2.75, 3.05) is 25.2 Å². The number of aromatic nitrogens is 1. The van der Waals surface area contributed by atoms with Crippen LogP contribution >= 0.6 is 0 Å². The Morgan fingerprint density at radius 1 is 1.33 bits per heavy atom. The molecule has 1 aliphatic heterocycles. The van der Waals surface area contributed by atoms with Gasteiger partial charge in [0.25, 0.3) is 0 Å². The van der Waals surface area contributed by atoms with Crippen molar-refractivity contribution in [2.24, 2.45) is 9.98 Å². The fourth-order valence-electron chi connectivity index (χ4n) is 4.01. The minimum Gasteiger partial charge on any atom is -0.474 e. The first kappa shape index (κ1) is 22.6. The van der Waals surface area contributed by atoms with Crippen molar-refractivity contribution in [1.29, 1.82) is 0 Å². The van der Waals surface area contributed by atoms with E-state index in [9.17, 15) is 9.50 Å². The molecule has 0 bridgehead atoms. The lowest BCUT2D eigenvalue weighted by Crippen LogP contribution is -2.27. The van der Waals surface area contributed by atoms with E-state index in [1.54, 1.807) is 6.92 Å². The van der Waals surface area contributed by atoms with Crippen LogP contribution in [0.3, 0.4) is 0 Å². The van der Waals surface area contributed by atoms with E-state index < -0.39 is 12.7 Å². The number of hydrogen-bond acceptors (Lipinski definition) is 5. The number of ether oxygens (including phenoxy) is 2. The number of alkyl halides is 1. The molecule has 2 heterocycles. The maximum Gasteiger partial charge on any atom is 0.222 e. The number of aliphatic hydroxyl groups is 1. The predicted octanol–water partition coefficient (Wildman–Crippen LogP) is 3.79. The number of anilines is 1. The lowest BCUT2D eigenvalue weighted by Gasteiger charge is -2.29. The van der Waals surface area contributed by atoms with Crippen LogP contribution in [0.2, 0.25) is 0 Å². The summed E-state index contributed by atoms with van der Waals surface area (Å²) in [5.74, 6) is 1.12. The van der Waals surface area contributed by atoms with E-state index in [0.717, 1.165) is 55.3 Å². The Hall–Kier alpha value is -2.06. The van der Waals surface area contributed by atoms with Crippen LogP contribution in [0.5, 0.6) is 5.88 Å². The maximum absolute atomic E-state index is 13.0. The Balaban J connectivity index is 1.92. The van der Waals surface area contributed by atoms with Gasteiger partial charge in [0.15, 0.2) is 0 Å². The second kappa shape index (κ2) is 10.8. The molecule has 1 aromatic heterocycles. The zero-order valence-corrected chi connectivity index (χ0v) is 17.9. The zero-order valence-electron chi connectivity index (χ0n) is 17.9. The number of halogens is 1. The number of nitrogens with one attached hydrogen (secondary N) is 1. The molecular weight excluding hydrogens is 387 g/mol. The molecule has 166 valence electrons. The largest absolute Gasteiger partial charge is 0.474 e. The molecule has 1 aromatic rings. The molecule has 1 saturated carbocycles. The molecule has 0 spiro atoms. The molecule has 0 aromatic carbocycles. The molecule has 8 heteroatoms. The highest BCUT2D eigenvalue weighted by molar-refractivity contribution is 5.98. The summed E-state index contributed by atoms with van der Waals surface area (Å²) in [5, 5.41) is 13.2. The first-order chi connectivity index (χ1) is 14.5. The van der Waals surface area contributed by atoms with Gasteiger partial charge in [-0.1, -0.05) is 0 Å². The zero-order chi connectivity index (χ0) is 21.5. The summed E-state index contributed by atoms with van der Waals surface area (Å²) >= 11 is 0. The third-order valence-corrected chi connectivity index (χ3v) is 5.84. The van der Waals surface area contributed by atoms with E-state index in [0.29, 0.717) is 19.1 Å². The first-order valence-electron chi connectivity index (χ1n) is 10.8. The van der Waals surface area contributed by atoms with E-state index in [2.05, 4.69) is 27.0 Å². The highest BCUT2D eigenvalue weighted by Gasteiger charge is 2.26. The van der Waals surface area contributed by atoms with E-state index in [-0.39, 0.29) is 24.1 Å². The van der Waals surface area contributed by atoms with Gasteiger partial charge in [0, 0.05) is 24.6 Å². The monoisotopic (exact) mass is 420 g/mol. The van der Waals surface area contributed by atoms with Crippen molar-refractivity contribution in [2.45, 2.75) is 76.5 Å². The minimum absolute atomic E-state index is 0.0747. The van der Waals surface area contributed by atoms with Crippen LogP contribution in [-0.4, -0.2) is 60.9 Å². The average molecular weight is 421 g/mol. The molecule has 3 rings (SSSR count). The molecule has 2 aliphatic rings. The summed E-state index contributed by atoms with van der Waals surface area (Å²) in [7, 11) is 0. The maximum atomic E-state index is 13.0. The van der Waals surface area contributed by atoms with Crippen molar-refractivity contribution < 1.29 is 19.0 Å². The topological polar surface area (TPSA) is 88.3 Å². The Labute approximate surface area is 177 Å². The number of guanidine groups is 1. The van der Waals surface area contributed by atoms with Gasteiger partial charge in [-0.05, 0) is 57.7 Å². The van der Waals surface area contributed by atoms with E-state index in [1.165, 1.54) is 0 Å². The van der Waals surface area contributed by atoms with Crippen LogP contribution in [0, 0.1) is 6.92 Å². The predicted molar refractivity (Wildman–Crippen MR) is 117 cm³/mol. The first-order valence-corrected chi connectivity index (χ1v) is 10.8. The van der Waals surface area contributed by atoms with Gasteiger partial charge in [-0.25, -0.2) is 19.4 Å². The Kier molecular flexibility index (Phi) is 8.16. The number of aliphatic hydroxyl groups excluding tert-OH is 1. The minimum atomic E-state index is -0.568. The Morgan fingerprint density at radius 2 is 2.03 bits per heavy atom. The molecule has 1 atom stereocenters. The fraction of sp³-hybridized carbons (Fsp3) is 0.682. The molecule has 2 N–H and O–H groups in total. The molecule has 2 fully saturated rings. The highest BCUT2D eigenvalue weighted by atomic mass is 19.1. The van der Waals surface area contributed by atoms with Crippen LogP contribution < -0.4 is 10.1 Å². The summed E-state index contributed by atoms with van der Waals surface area (Å²) in [6.07, 6.45) is 6.66. The molecule has 7 nitrogen and oxygen atoms in total. The van der Waals surface area contributed by atoms with E-state index >= 15 is 0 Å². The molecule has 0 unspecified atom stereocenters. The second-order valence-corrected chi connectivity index (χ2v) is 8.19. The van der Waals surface area contributed by atoms with Gasteiger partial charge in [0.1, 0.15) is 12.8 Å². The normalized spacial score (nSPS) is 24.3. The van der Waals surface area contributed by atoms with Crippen LogP contribution in [0.4, 0.5) is 10.1 Å². The standard InChI is InChI=1S/C22H33FN4O3/c1-14(12-23)26-22(24-3)27-20-15(2)21(30-18-8-10-29-11-9-18)25-13-19(20)16-4-6-17(28)7-5-16/h13-14,16-18,28H,3-12H2,1-2H3,(H,25,26,27)/t14-,16?,17?/m0/s1. The van der Waals surface area contributed by atoms with Crippen molar-refractivity contribution in [1.82, 2.24) is 4.98 Å². The molecule has 1 saturated heterocycles. The van der Waals surface area contributed by atoms with Crippen LogP contribution in [0.1, 0.15) is 62.5 Å². The van der Waals surface area contributed by atoms with Gasteiger partial charge in [-0.3, -0.25) is 0 Å². The average Bonchev–Trinajstić information content (AvgIpc) is 2.77. The van der Waals surface area contributed by atoms with Gasteiger partial charge in [-0.2, -0.15) is 0 Å². The quantitative estimate of drug-likeness (QED) is 0.540. The number of hydrogen-bond donors (Lipinski definition) is 2. The summed E-state index contributed by atoms with van der Waals surface area (Å²) < 4.78 is 24.6. The van der Waals surface area contributed by atoms with Crippen LogP contribution in [0.15, 0.2) is 16.2 Å². The van der Waals surface area contributed by atoms with Crippen molar-refractivity contribution in [3.05, 3.63) is 17.3 Å². The van der Waals surface area contributed by atoms with Crippen LogP contribution in [-0.2, 0) is 4.74 Å². The third kappa shape index (κ3) is 5.76. The SMILES string of the molecule is C=NC(=N[C@@H](C)CF)Nc1c(C2CCC(O)CC2)cnc(OC2CCOCC2)c1C. The molecule has 0 radical (unpaired) electrons. The molecule has 0 amide bonds. The number of nitrogens with zero attached hydrogens (tertiary/aromatic N) is 3. The second-order valence-electron chi connectivity index (χ2n) is 8.19. The Bertz CT molecular complexity index is 744. The van der Waals surface area contributed by atoms with Gasteiger partial charge in [0.2, 0.25) is 11.8 Å². The van der Waals surface area contributed by atoms with Crippen molar-refractivity contribution in [3.8, 4) is 5.88 Å². The van der Waals surface area contributed by atoms with Crippen molar-refractivity contribution >= 4 is 18.4 Å². The van der Waals surface area contributed by atoms with E-state index in [1.807, 2.05) is 13.1 Å². The smallest absolute Gasteiger partial charge is 0.222 e.